The highest BCUT2D eigenvalue weighted by Crippen LogP contribution is 2.21. The highest BCUT2D eigenvalue weighted by Gasteiger charge is 2.28. The summed E-state index contributed by atoms with van der Waals surface area (Å²) in [6.07, 6.45) is 1.46. The van der Waals surface area contributed by atoms with Gasteiger partial charge in [0.1, 0.15) is 0 Å². The van der Waals surface area contributed by atoms with Gasteiger partial charge in [0.05, 0.1) is 0 Å². The fourth-order valence-electron chi connectivity index (χ4n) is 1.89. The van der Waals surface area contributed by atoms with Crippen LogP contribution in [0.1, 0.15) is 25.8 Å². The van der Waals surface area contributed by atoms with Gasteiger partial charge >= 0.3 is 0 Å². The van der Waals surface area contributed by atoms with Crippen molar-refractivity contribution in [1.82, 2.24) is 14.9 Å². The molecule has 1 heterocycles. The maximum atomic E-state index is 12.2. The fraction of sp³-hybridized carbons (Fsp3) is 0.385. The summed E-state index contributed by atoms with van der Waals surface area (Å²) in [5.41, 5.74) is 6.01. The van der Waals surface area contributed by atoms with Gasteiger partial charge in [-0.15, -0.1) is 10.2 Å². The highest BCUT2D eigenvalue weighted by atomic mass is 32.2. The lowest BCUT2D eigenvalue weighted by molar-refractivity contribution is 0.422. The molecular weight excluding hydrogens is 308 g/mol. The van der Waals surface area contributed by atoms with Crippen molar-refractivity contribution < 1.29 is 8.42 Å². The van der Waals surface area contributed by atoms with Crippen molar-refractivity contribution in [3.05, 3.63) is 35.9 Å². The van der Waals surface area contributed by atoms with Crippen LogP contribution in [0.5, 0.6) is 0 Å². The monoisotopic (exact) mass is 326 g/mol. The Labute approximate surface area is 128 Å². The summed E-state index contributed by atoms with van der Waals surface area (Å²) in [6.45, 7) is 3.69. The summed E-state index contributed by atoms with van der Waals surface area (Å²) in [4.78, 5) is 0. The lowest BCUT2D eigenvalue weighted by Crippen LogP contribution is -2.43. The number of aryl methyl sites for hydroxylation is 1. The SMILES string of the molecule is CC(C)(CCc1ccccc1)NS(=O)(=O)c1nnc(N)s1. The predicted molar refractivity (Wildman–Crippen MR) is 83.5 cm³/mol. The van der Waals surface area contributed by atoms with E-state index in [0.29, 0.717) is 6.42 Å². The van der Waals surface area contributed by atoms with Gasteiger partial charge in [-0.25, -0.2) is 13.1 Å². The van der Waals surface area contributed by atoms with E-state index in [-0.39, 0.29) is 9.47 Å². The van der Waals surface area contributed by atoms with Crippen LogP contribution in [0.3, 0.4) is 0 Å². The Balaban J connectivity index is 2.03. The van der Waals surface area contributed by atoms with Crippen LogP contribution in [0.15, 0.2) is 34.7 Å². The van der Waals surface area contributed by atoms with Crippen LogP contribution in [0.2, 0.25) is 0 Å². The lowest BCUT2D eigenvalue weighted by Gasteiger charge is -2.25. The molecule has 0 fully saturated rings. The summed E-state index contributed by atoms with van der Waals surface area (Å²) in [7, 11) is -3.69. The molecule has 0 aliphatic rings. The van der Waals surface area contributed by atoms with Crippen molar-refractivity contribution in [3.8, 4) is 0 Å². The zero-order valence-electron chi connectivity index (χ0n) is 11.9. The molecule has 2 aromatic rings. The van der Waals surface area contributed by atoms with Crippen molar-refractivity contribution in [2.24, 2.45) is 0 Å². The van der Waals surface area contributed by atoms with E-state index in [1.54, 1.807) is 0 Å². The number of sulfonamides is 1. The molecule has 6 nitrogen and oxygen atoms in total. The lowest BCUT2D eigenvalue weighted by atomic mass is 9.97. The molecule has 8 heteroatoms. The summed E-state index contributed by atoms with van der Waals surface area (Å²) >= 11 is 0.855. The van der Waals surface area contributed by atoms with Gasteiger partial charge in [0.15, 0.2) is 0 Å². The molecule has 0 saturated carbocycles. The standard InChI is InChI=1S/C13H18N4O2S2/c1-13(2,9-8-10-6-4-3-5-7-10)17-21(18,19)12-16-15-11(14)20-12/h3-7,17H,8-9H2,1-2H3,(H2,14,15). The molecule has 0 spiro atoms. The van der Waals surface area contributed by atoms with Crippen molar-refractivity contribution in [3.63, 3.8) is 0 Å². The average molecular weight is 326 g/mol. The number of aromatic nitrogens is 2. The van der Waals surface area contributed by atoms with E-state index >= 15 is 0 Å². The molecule has 2 rings (SSSR count). The van der Waals surface area contributed by atoms with E-state index in [9.17, 15) is 8.42 Å². The van der Waals surface area contributed by atoms with Gasteiger partial charge in [-0.2, -0.15) is 0 Å². The number of nitrogens with two attached hydrogens (primary N) is 1. The topological polar surface area (TPSA) is 98.0 Å². The van der Waals surface area contributed by atoms with E-state index in [4.69, 9.17) is 5.73 Å². The first kappa shape index (κ1) is 15.9. The molecule has 0 atom stereocenters. The molecule has 114 valence electrons. The highest BCUT2D eigenvalue weighted by molar-refractivity contribution is 7.91. The van der Waals surface area contributed by atoms with Crippen LogP contribution in [-0.4, -0.2) is 24.2 Å². The minimum absolute atomic E-state index is 0.104. The molecule has 1 aromatic heterocycles. The predicted octanol–water partition coefficient (Wildman–Crippen LogP) is 1.81. The van der Waals surface area contributed by atoms with Crippen molar-refractivity contribution >= 4 is 26.5 Å². The smallest absolute Gasteiger partial charge is 0.270 e. The van der Waals surface area contributed by atoms with Crippen LogP contribution >= 0.6 is 11.3 Å². The second-order valence-electron chi connectivity index (χ2n) is 5.38. The summed E-state index contributed by atoms with van der Waals surface area (Å²) in [5.74, 6) is 0. The Morgan fingerprint density at radius 3 is 2.48 bits per heavy atom. The largest absolute Gasteiger partial charge is 0.374 e. The fourth-order valence-corrected chi connectivity index (χ4v) is 4.12. The molecule has 0 unspecified atom stereocenters. The summed E-state index contributed by atoms with van der Waals surface area (Å²) in [6, 6.07) is 9.94. The first-order valence-corrected chi connectivity index (χ1v) is 8.75. The minimum Gasteiger partial charge on any atom is -0.374 e. The maximum Gasteiger partial charge on any atom is 0.270 e. The van der Waals surface area contributed by atoms with Crippen LogP contribution in [0, 0.1) is 0 Å². The summed E-state index contributed by atoms with van der Waals surface area (Å²) in [5, 5.41) is 7.25. The van der Waals surface area contributed by atoms with E-state index in [2.05, 4.69) is 14.9 Å². The number of nitrogens with one attached hydrogen (secondary N) is 1. The summed E-state index contributed by atoms with van der Waals surface area (Å²) < 4.78 is 27.0. The molecule has 0 radical (unpaired) electrons. The van der Waals surface area contributed by atoms with Crippen LogP contribution in [0.25, 0.3) is 0 Å². The molecular formula is C13H18N4O2S2. The van der Waals surface area contributed by atoms with Gasteiger partial charge in [-0.1, -0.05) is 41.7 Å². The molecule has 0 amide bonds. The van der Waals surface area contributed by atoms with Crippen molar-refractivity contribution in [1.29, 1.82) is 0 Å². The Morgan fingerprint density at radius 2 is 1.90 bits per heavy atom. The number of hydrogen-bond donors (Lipinski definition) is 2. The van der Waals surface area contributed by atoms with Gasteiger partial charge < -0.3 is 5.73 Å². The van der Waals surface area contributed by atoms with E-state index in [1.165, 1.54) is 5.56 Å². The first-order valence-electron chi connectivity index (χ1n) is 6.45. The van der Waals surface area contributed by atoms with Gasteiger partial charge in [0.25, 0.3) is 10.0 Å². The molecule has 3 N–H and O–H groups in total. The number of rotatable bonds is 6. The third kappa shape index (κ3) is 4.48. The van der Waals surface area contributed by atoms with Gasteiger partial charge in [0, 0.05) is 5.54 Å². The van der Waals surface area contributed by atoms with Gasteiger partial charge in [-0.05, 0) is 32.3 Å². The Bertz CT molecular complexity index is 696. The Hall–Kier alpha value is -1.51. The van der Waals surface area contributed by atoms with Crippen molar-refractivity contribution in [2.75, 3.05) is 5.73 Å². The second-order valence-corrected chi connectivity index (χ2v) is 8.25. The zero-order valence-corrected chi connectivity index (χ0v) is 13.5. The van der Waals surface area contributed by atoms with Crippen LogP contribution < -0.4 is 10.5 Å². The third-order valence-corrected chi connectivity index (χ3v) is 5.76. The van der Waals surface area contributed by atoms with Crippen molar-refractivity contribution in [2.45, 2.75) is 36.6 Å². The normalized spacial score (nSPS) is 12.5. The maximum absolute atomic E-state index is 12.2. The third-order valence-electron chi connectivity index (χ3n) is 2.94. The first-order chi connectivity index (χ1) is 9.78. The van der Waals surface area contributed by atoms with Crippen LogP contribution in [-0.2, 0) is 16.4 Å². The number of hydrogen-bond acceptors (Lipinski definition) is 6. The quantitative estimate of drug-likeness (QED) is 0.843. The molecule has 0 aliphatic heterocycles. The number of anilines is 1. The molecule has 1 aromatic carbocycles. The van der Waals surface area contributed by atoms with E-state index in [1.807, 2.05) is 44.2 Å². The minimum atomic E-state index is -3.69. The zero-order chi connectivity index (χ0) is 15.5. The molecule has 0 aliphatic carbocycles. The molecule has 0 saturated heterocycles. The van der Waals surface area contributed by atoms with E-state index < -0.39 is 15.6 Å². The Morgan fingerprint density at radius 1 is 1.24 bits per heavy atom. The average Bonchev–Trinajstić information content (AvgIpc) is 2.84. The van der Waals surface area contributed by atoms with Gasteiger partial charge in [-0.3, -0.25) is 0 Å². The molecule has 0 bridgehead atoms. The number of benzene rings is 1. The molecule has 21 heavy (non-hydrogen) atoms. The van der Waals surface area contributed by atoms with Gasteiger partial charge in [0.2, 0.25) is 9.47 Å². The number of nitrogens with zero attached hydrogens (tertiary/aromatic N) is 2. The van der Waals surface area contributed by atoms with Crippen LogP contribution in [0.4, 0.5) is 5.13 Å². The second kappa shape index (κ2) is 6.08. The Kier molecular flexibility index (Phi) is 4.60. The van der Waals surface area contributed by atoms with E-state index in [0.717, 1.165) is 17.8 Å². The number of nitrogen functional groups attached to an aromatic ring is 1.